The summed E-state index contributed by atoms with van der Waals surface area (Å²) in [6.45, 7) is 4.92. The first-order valence-corrected chi connectivity index (χ1v) is 8.92. The predicted molar refractivity (Wildman–Crippen MR) is 90.3 cm³/mol. The molecule has 0 spiro atoms. The highest BCUT2D eigenvalue weighted by Crippen LogP contribution is 2.38. The van der Waals surface area contributed by atoms with Crippen LogP contribution in [0.15, 0.2) is 29.6 Å². The molecule has 122 valence electrons. The van der Waals surface area contributed by atoms with Crippen LogP contribution in [0.2, 0.25) is 0 Å². The van der Waals surface area contributed by atoms with Crippen molar-refractivity contribution < 1.29 is 14.6 Å². The highest BCUT2D eigenvalue weighted by Gasteiger charge is 2.31. The maximum absolute atomic E-state index is 10.6. The van der Waals surface area contributed by atoms with Crippen molar-refractivity contribution in [3.8, 4) is 11.5 Å². The molecule has 0 radical (unpaired) electrons. The van der Waals surface area contributed by atoms with Crippen LogP contribution in [-0.4, -0.2) is 36.0 Å². The van der Waals surface area contributed by atoms with E-state index in [4.69, 9.17) is 9.47 Å². The van der Waals surface area contributed by atoms with Crippen molar-refractivity contribution in [1.82, 2.24) is 4.90 Å². The van der Waals surface area contributed by atoms with Crippen molar-refractivity contribution in [2.45, 2.75) is 31.9 Å². The lowest BCUT2D eigenvalue weighted by Crippen LogP contribution is -2.42. The van der Waals surface area contributed by atoms with Gasteiger partial charge in [0.1, 0.15) is 0 Å². The van der Waals surface area contributed by atoms with E-state index in [1.165, 1.54) is 10.4 Å². The number of thiophene rings is 1. The normalized spacial score (nSPS) is 24.1. The molecule has 2 aliphatic rings. The lowest BCUT2D eigenvalue weighted by Gasteiger charge is -2.36. The first kappa shape index (κ1) is 15.0. The van der Waals surface area contributed by atoms with Crippen LogP contribution in [0, 0.1) is 6.92 Å². The van der Waals surface area contributed by atoms with E-state index < -0.39 is 0 Å². The van der Waals surface area contributed by atoms with Gasteiger partial charge >= 0.3 is 0 Å². The first-order valence-electron chi connectivity index (χ1n) is 8.04. The first-order chi connectivity index (χ1) is 11.2. The molecule has 4 nitrogen and oxygen atoms in total. The number of likely N-dealkylation sites (tertiary alicyclic amines) is 1. The maximum Gasteiger partial charge on any atom is 0.231 e. The SMILES string of the molecule is Cc1ccsc1[C@@H]1CCN(Cc2cccc3c2OCO3)C[C@H]1O. The number of β-amino-alcohol motifs (C(OH)–C–C–N with tert-alkyl or cyclic N) is 1. The molecule has 0 aliphatic carbocycles. The Hall–Kier alpha value is -1.56. The largest absolute Gasteiger partial charge is 0.454 e. The zero-order valence-corrected chi connectivity index (χ0v) is 14.0. The molecular formula is C18H21NO3S. The van der Waals surface area contributed by atoms with Gasteiger partial charge in [0.25, 0.3) is 0 Å². The molecule has 2 aromatic rings. The molecule has 0 unspecified atom stereocenters. The van der Waals surface area contributed by atoms with Gasteiger partial charge in [0, 0.05) is 29.4 Å². The summed E-state index contributed by atoms with van der Waals surface area (Å²) in [5.41, 5.74) is 2.44. The Kier molecular flexibility index (Phi) is 4.01. The fourth-order valence-corrected chi connectivity index (χ4v) is 4.69. The number of fused-ring (bicyclic) bond motifs is 1. The number of para-hydroxylation sites is 1. The molecule has 1 saturated heterocycles. The van der Waals surface area contributed by atoms with Crippen molar-refractivity contribution >= 4 is 11.3 Å². The molecule has 2 atom stereocenters. The number of rotatable bonds is 3. The molecule has 23 heavy (non-hydrogen) atoms. The smallest absolute Gasteiger partial charge is 0.231 e. The molecule has 3 heterocycles. The van der Waals surface area contributed by atoms with Crippen LogP contribution in [0.25, 0.3) is 0 Å². The summed E-state index contributed by atoms with van der Waals surface area (Å²) in [4.78, 5) is 3.65. The summed E-state index contributed by atoms with van der Waals surface area (Å²) in [7, 11) is 0. The number of aryl methyl sites for hydroxylation is 1. The number of aliphatic hydroxyl groups is 1. The Morgan fingerprint density at radius 3 is 3.00 bits per heavy atom. The summed E-state index contributed by atoms with van der Waals surface area (Å²) in [6.07, 6.45) is 0.685. The van der Waals surface area contributed by atoms with Crippen LogP contribution >= 0.6 is 11.3 Å². The standard InChI is InChI=1S/C18H21NO3S/c1-12-6-8-23-18(12)14-5-7-19(10-15(14)20)9-13-3-2-4-16-17(13)22-11-21-16/h2-4,6,8,14-15,20H,5,7,9-11H2,1H3/t14-,15-/m1/s1. The molecule has 2 aliphatic heterocycles. The van der Waals surface area contributed by atoms with Gasteiger partial charge in [0.2, 0.25) is 6.79 Å². The molecule has 0 amide bonds. The Balaban J connectivity index is 1.45. The zero-order chi connectivity index (χ0) is 15.8. The summed E-state index contributed by atoms with van der Waals surface area (Å²) in [5.74, 6) is 1.96. The minimum Gasteiger partial charge on any atom is -0.454 e. The van der Waals surface area contributed by atoms with Gasteiger partial charge in [0.05, 0.1) is 6.10 Å². The Morgan fingerprint density at radius 1 is 1.30 bits per heavy atom. The van der Waals surface area contributed by atoms with Crippen LogP contribution in [0.5, 0.6) is 11.5 Å². The van der Waals surface area contributed by atoms with E-state index in [1.807, 2.05) is 12.1 Å². The number of ether oxygens (including phenoxy) is 2. The van der Waals surface area contributed by atoms with Crippen molar-refractivity contribution in [2.75, 3.05) is 19.9 Å². The summed E-state index contributed by atoms with van der Waals surface area (Å²) >= 11 is 1.77. The molecule has 1 aromatic heterocycles. The average Bonchev–Trinajstić information content (AvgIpc) is 3.17. The number of piperidine rings is 1. The van der Waals surface area contributed by atoms with Crippen molar-refractivity contribution in [1.29, 1.82) is 0 Å². The molecule has 5 heteroatoms. The lowest BCUT2D eigenvalue weighted by molar-refractivity contribution is 0.0481. The third-order valence-electron chi connectivity index (χ3n) is 4.78. The van der Waals surface area contributed by atoms with Crippen LogP contribution in [0.4, 0.5) is 0 Å². The van der Waals surface area contributed by atoms with Gasteiger partial charge in [0.15, 0.2) is 11.5 Å². The monoisotopic (exact) mass is 331 g/mol. The molecule has 0 saturated carbocycles. The van der Waals surface area contributed by atoms with Crippen LogP contribution < -0.4 is 9.47 Å². The van der Waals surface area contributed by atoms with Gasteiger partial charge in [-0.3, -0.25) is 4.90 Å². The molecular weight excluding hydrogens is 310 g/mol. The summed E-state index contributed by atoms with van der Waals surface area (Å²) in [6, 6.07) is 8.16. The number of nitrogens with zero attached hydrogens (tertiary/aromatic N) is 1. The predicted octanol–water partition coefficient (Wildman–Crippen LogP) is 3.14. The number of benzene rings is 1. The number of hydrogen-bond acceptors (Lipinski definition) is 5. The van der Waals surface area contributed by atoms with Gasteiger partial charge in [-0.25, -0.2) is 0 Å². The second-order valence-corrected chi connectivity index (χ2v) is 7.26. The van der Waals surface area contributed by atoms with E-state index in [0.717, 1.165) is 36.6 Å². The quantitative estimate of drug-likeness (QED) is 0.938. The van der Waals surface area contributed by atoms with Crippen LogP contribution in [-0.2, 0) is 6.54 Å². The van der Waals surface area contributed by atoms with Gasteiger partial charge in [-0.2, -0.15) is 0 Å². The van der Waals surface area contributed by atoms with Crippen molar-refractivity contribution in [2.24, 2.45) is 0 Å². The van der Waals surface area contributed by atoms with E-state index in [2.05, 4.69) is 29.3 Å². The second-order valence-electron chi connectivity index (χ2n) is 6.32. The lowest BCUT2D eigenvalue weighted by atomic mass is 9.90. The fraction of sp³-hybridized carbons (Fsp3) is 0.444. The minimum atomic E-state index is -0.310. The Morgan fingerprint density at radius 2 is 2.22 bits per heavy atom. The number of hydrogen-bond donors (Lipinski definition) is 1. The molecule has 0 bridgehead atoms. The maximum atomic E-state index is 10.6. The molecule has 1 fully saturated rings. The van der Waals surface area contributed by atoms with Gasteiger partial charge in [-0.05, 0) is 43.0 Å². The summed E-state index contributed by atoms with van der Waals surface area (Å²) < 4.78 is 11.0. The van der Waals surface area contributed by atoms with Crippen molar-refractivity contribution in [3.63, 3.8) is 0 Å². The van der Waals surface area contributed by atoms with Crippen molar-refractivity contribution in [3.05, 3.63) is 45.6 Å². The molecule has 4 rings (SSSR count). The zero-order valence-electron chi connectivity index (χ0n) is 13.2. The van der Waals surface area contributed by atoms with Crippen LogP contribution in [0.1, 0.15) is 28.3 Å². The molecule has 1 N–H and O–H groups in total. The molecule has 1 aromatic carbocycles. The third-order valence-corrected chi connectivity index (χ3v) is 5.93. The highest BCUT2D eigenvalue weighted by molar-refractivity contribution is 7.10. The Labute approximate surface area is 140 Å². The van der Waals surface area contributed by atoms with E-state index in [1.54, 1.807) is 11.3 Å². The minimum absolute atomic E-state index is 0.271. The third kappa shape index (κ3) is 2.84. The van der Waals surface area contributed by atoms with Gasteiger partial charge in [-0.1, -0.05) is 12.1 Å². The number of aliphatic hydroxyl groups excluding tert-OH is 1. The van der Waals surface area contributed by atoms with Gasteiger partial charge < -0.3 is 14.6 Å². The highest BCUT2D eigenvalue weighted by atomic mass is 32.1. The van der Waals surface area contributed by atoms with E-state index in [0.29, 0.717) is 13.3 Å². The topological polar surface area (TPSA) is 41.9 Å². The van der Waals surface area contributed by atoms with Crippen LogP contribution in [0.3, 0.4) is 0 Å². The second kappa shape index (κ2) is 6.15. The van der Waals surface area contributed by atoms with E-state index in [-0.39, 0.29) is 12.0 Å². The van der Waals surface area contributed by atoms with E-state index >= 15 is 0 Å². The summed E-state index contributed by atoms with van der Waals surface area (Å²) in [5, 5.41) is 12.7. The van der Waals surface area contributed by atoms with Gasteiger partial charge in [-0.15, -0.1) is 11.3 Å². The van der Waals surface area contributed by atoms with E-state index in [9.17, 15) is 5.11 Å². The average molecular weight is 331 g/mol. The fourth-order valence-electron chi connectivity index (χ4n) is 3.57. The Bertz CT molecular complexity index is 699.